The van der Waals surface area contributed by atoms with E-state index in [0.29, 0.717) is 22.5 Å². The van der Waals surface area contributed by atoms with Crippen molar-refractivity contribution < 1.29 is 36.0 Å². The van der Waals surface area contributed by atoms with Crippen LogP contribution in [0.1, 0.15) is 77.6 Å². The zero-order chi connectivity index (χ0) is 44.6. The summed E-state index contributed by atoms with van der Waals surface area (Å²) in [7, 11) is -7.63. The lowest BCUT2D eigenvalue weighted by molar-refractivity contribution is 0.0916. The molecule has 0 aliphatic heterocycles. The number of pyridine rings is 2. The van der Waals surface area contributed by atoms with Crippen LogP contribution in [0.3, 0.4) is 0 Å². The largest absolute Gasteiger partial charge is 0.325 e. The topological polar surface area (TPSA) is 236 Å². The van der Waals surface area contributed by atoms with Crippen LogP contribution in [0, 0.1) is 18.8 Å². The fraction of sp³-hybridized carbons (Fsp3) is 0.256. The van der Waals surface area contributed by atoms with Gasteiger partial charge < -0.3 is 10.6 Å². The van der Waals surface area contributed by atoms with Crippen LogP contribution in [0.2, 0.25) is 0 Å². The van der Waals surface area contributed by atoms with Gasteiger partial charge in [-0.25, -0.2) is 46.4 Å². The molecule has 20 heteroatoms. The third-order valence-corrected chi connectivity index (χ3v) is 16.4. The van der Waals surface area contributed by atoms with Crippen LogP contribution < -0.4 is 21.3 Å². The molecule has 4 aromatic heterocycles. The second-order valence-corrected chi connectivity index (χ2v) is 21.1. The molecular formula is C43H42N8O8S4. The summed E-state index contributed by atoms with van der Waals surface area (Å²) in [6.07, 6.45) is 12.8. The Balaban J connectivity index is 0.000000189. The number of ketones is 2. The standard InChI is InChI=1S/C22H22N4O4S2.C21H20N4O4S2/c1-14-9-10-17(16(12-14)20(27)15-6-2-3-7-15)25-21(28)26-22-24-13-19(31-22)32(29,30)18-8-4-5-11-23-18;26-19(14-7-1-2-8-14)15-9-3-4-10-16(15)24-20(27)25-21-23-13-18(30-21)31(28,29)17-11-5-6-12-22-17/h4-5,8-13,15H,2-3,6-7H2,1H3,(H2,24,25,26,28);3-6,9-14H,1-2,7-8H2,(H2,23,24,25,27). The van der Waals surface area contributed by atoms with E-state index in [1.54, 1.807) is 60.7 Å². The lowest BCUT2D eigenvalue weighted by Crippen LogP contribution is -2.22. The minimum Gasteiger partial charge on any atom is -0.307 e. The van der Waals surface area contributed by atoms with Crippen molar-refractivity contribution in [2.75, 3.05) is 21.3 Å². The third-order valence-electron chi connectivity index (χ3n) is 10.3. The Morgan fingerprint density at radius 2 is 0.984 bits per heavy atom. The summed E-state index contributed by atoms with van der Waals surface area (Å²) in [6.45, 7) is 1.90. The van der Waals surface area contributed by atoms with Crippen molar-refractivity contribution in [1.82, 2.24) is 19.9 Å². The van der Waals surface area contributed by atoms with Gasteiger partial charge in [-0.3, -0.25) is 20.2 Å². The molecule has 2 aliphatic carbocycles. The predicted molar refractivity (Wildman–Crippen MR) is 239 cm³/mol. The first-order valence-corrected chi connectivity index (χ1v) is 24.6. The fourth-order valence-corrected chi connectivity index (χ4v) is 11.9. The number of benzene rings is 2. The van der Waals surface area contributed by atoms with Gasteiger partial charge in [0, 0.05) is 35.4 Å². The lowest BCUT2D eigenvalue weighted by atomic mass is 9.94. The average Bonchev–Trinajstić information content (AvgIpc) is 4.14. The molecule has 2 saturated carbocycles. The van der Waals surface area contributed by atoms with Gasteiger partial charge in [-0.05, 0) is 81.1 Å². The Morgan fingerprint density at radius 3 is 1.46 bits per heavy atom. The van der Waals surface area contributed by atoms with E-state index in [0.717, 1.165) is 79.6 Å². The molecule has 8 rings (SSSR count). The summed E-state index contributed by atoms with van der Waals surface area (Å²) < 4.78 is 50.5. The average molecular weight is 927 g/mol. The van der Waals surface area contributed by atoms with E-state index >= 15 is 0 Å². The van der Waals surface area contributed by atoms with Crippen molar-refractivity contribution in [3.8, 4) is 0 Å². The van der Waals surface area contributed by atoms with Crippen molar-refractivity contribution in [3.63, 3.8) is 0 Å². The molecule has 0 unspecified atom stereocenters. The number of urea groups is 2. The summed E-state index contributed by atoms with van der Waals surface area (Å²) in [6, 6.07) is 20.2. The summed E-state index contributed by atoms with van der Waals surface area (Å²) in [5.41, 5.74) is 2.73. The first kappa shape index (κ1) is 44.8. The number of carbonyl (C=O) groups is 4. The summed E-state index contributed by atoms with van der Waals surface area (Å²) in [4.78, 5) is 66.5. The highest BCUT2D eigenvalue weighted by Gasteiger charge is 2.29. The van der Waals surface area contributed by atoms with Crippen LogP contribution in [-0.4, -0.2) is 60.4 Å². The van der Waals surface area contributed by atoms with Gasteiger partial charge in [0.2, 0.25) is 19.7 Å². The maximum absolute atomic E-state index is 13.0. The fourth-order valence-electron chi connectivity index (χ4n) is 7.20. The highest BCUT2D eigenvalue weighted by atomic mass is 32.2. The van der Waals surface area contributed by atoms with E-state index in [9.17, 15) is 36.0 Å². The predicted octanol–water partition coefficient (Wildman–Crippen LogP) is 9.08. The van der Waals surface area contributed by atoms with Crippen molar-refractivity contribution in [2.24, 2.45) is 11.8 Å². The third kappa shape index (κ3) is 10.9. The molecule has 16 nitrogen and oxygen atoms in total. The lowest BCUT2D eigenvalue weighted by Gasteiger charge is -2.14. The van der Waals surface area contributed by atoms with Crippen LogP contribution in [0.5, 0.6) is 0 Å². The first-order valence-electron chi connectivity index (χ1n) is 20.0. The Labute approximate surface area is 371 Å². The molecule has 0 radical (unpaired) electrons. The highest BCUT2D eigenvalue weighted by Crippen LogP contribution is 2.33. The number of nitrogens with one attached hydrogen (secondary N) is 4. The molecule has 6 aromatic rings. The molecule has 4 heterocycles. The van der Waals surface area contributed by atoms with Gasteiger partial charge in [-0.15, -0.1) is 0 Å². The number of hydrogen-bond donors (Lipinski definition) is 4. The number of para-hydroxylation sites is 1. The first-order chi connectivity index (χ1) is 30.3. The number of anilines is 4. The number of aryl methyl sites for hydroxylation is 1. The minimum atomic E-state index is -3.82. The SMILES string of the molecule is Cc1ccc(NC(=O)Nc2ncc(S(=O)(=O)c3ccccn3)s2)c(C(=O)C2CCCC2)c1.O=C(Nc1ncc(S(=O)(=O)c2ccccn2)s1)Nc1ccccc1C(=O)C1CCCC1. The summed E-state index contributed by atoms with van der Waals surface area (Å²) in [5.74, 6) is 0.0500. The van der Waals surface area contributed by atoms with Gasteiger partial charge in [0.05, 0.1) is 23.8 Å². The zero-order valence-corrected chi connectivity index (χ0v) is 37.1. The number of rotatable bonds is 12. The number of thiazole rings is 2. The molecule has 63 heavy (non-hydrogen) atoms. The molecular weight excluding hydrogens is 885 g/mol. The number of aromatic nitrogens is 4. The smallest absolute Gasteiger partial charge is 0.307 e. The Kier molecular flexibility index (Phi) is 14.1. The summed E-state index contributed by atoms with van der Waals surface area (Å²) >= 11 is 1.66. The van der Waals surface area contributed by atoms with E-state index < -0.39 is 31.7 Å². The van der Waals surface area contributed by atoms with E-state index in [-0.39, 0.29) is 52.1 Å². The molecule has 326 valence electrons. The molecule has 2 aromatic carbocycles. The van der Waals surface area contributed by atoms with E-state index in [1.807, 2.05) is 13.0 Å². The molecule has 4 amide bonds. The second-order valence-electron chi connectivity index (χ2n) is 14.8. The molecule has 0 spiro atoms. The monoisotopic (exact) mass is 926 g/mol. The highest BCUT2D eigenvalue weighted by molar-refractivity contribution is 7.93. The quantitative estimate of drug-likeness (QED) is 0.0841. The molecule has 4 N–H and O–H groups in total. The maximum atomic E-state index is 13.0. The zero-order valence-electron chi connectivity index (χ0n) is 33.8. The molecule has 0 atom stereocenters. The van der Waals surface area contributed by atoms with Gasteiger partial charge in [-0.1, -0.05) is 84.3 Å². The van der Waals surface area contributed by atoms with Gasteiger partial charge >= 0.3 is 12.1 Å². The van der Waals surface area contributed by atoms with Gasteiger partial charge in [0.25, 0.3) is 0 Å². The van der Waals surface area contributed by atoms with Crippen LogP contribution in [0.25, 0.3) is 0 Å². The Hall–Kier alpha value is -6.22. The van der Waals surface area contributed by atoms with Crippen LogP contribution in [0.15, 0.2) is 122 Å². The van der Waals surface area contributed by atoms with E-state index in [2.05, 4.69) is 41.2 Å². The summed E-state index contributed by atoms with van der Waals surface area (Å²) in [5, 5.41) is 10.5. The van der Waals surface area contributed by atoms with Gasteiger partial charge in [-0.2, -0.15) is 0 Å². The van der Waals surface area contributed by atoms with Gasteiger partial charge in [0.1, 0.15) is 8.42 Å². The van der Waals surface area contributed by atoms with E-state index in [4.69, 9.17) is 0 Å². The molecule has 2 aliphatic rings. The number of nitrogens with zero attached hydrogens (tertiary/aromatic N) is 4. The van der Waals surface area contributed by atoms with Crippen LogP contribution >= 0.6 is 22.7 Å². The molecule has 2 fully saturated rings. The Bertz CT molecular complexity index is 2840. The Morgan fingerprint density at radius 1 is 0.540 bits per heavy atom. The number of Topliss-reactive ketones (excluding diaryl/α,β-unsaturated/α-hetero) is 2. The second kappa shape index (κ2) is 19.9. The molecule has 0 bridgehead atoms. The van der Waals surface area contributed by atoms with Gasteiger partial charge in [0.15, 0.2) is 31.9 Å². The maximum Gasteiger partial charge on any atom is 0.325 e. The minimum absolute atomic E-state index is 0.00988. The van der Waals surface area contributed by atoms with Crippen molar-refractivity contribution in [1.29, 1.82) is 0 Å². The van der Waals surface area contributed by atoms with Crippen LogP contribution in [-0.2, 0) is 19.7 Å². The number of carbonyl (C=O) groups excluding carboxylic acids is 4. The van der Waals surface area contributed by atoms with E-state index in [1.165, 1.54) is 36.9 Å². The normalized spacial score (nSPS) is 14.3. The number of sulfone groups is 2. The van der Waals surface area contributed by atoms with Crippen molar-refractivity contribution >= 4 is 87.6 Å². The van der Waals surface area contributed by atoms with Crippen LogP contribution in [0.4, 0.5) is 31.2 Å². The van der Waals surface area contributed by atoms with Crippen molar-refractivity contribution in [2.45, 2.75) is 76.8 Å². The molecule has 0 saturated heterocycles. The van der Waals surface area contributed by atoms with Crippen molar-refractivity contribution in [3.05, 3.63) is 120 Å². The number of hydrogen-bond acceptors (Lipinski definition) is 14. The number of amides is 4.